The summed E-state index contributed by atoms with van der Waals surface area (Å²) in [4.78, 5) is 11.5. The molecule has 0 bridgehead atoms. The predicted molar refractivity (Wildman–Crippen MR) is 61.0 cm³/mol. The maximum Gasteiger partial charge on any atom is 0.201 e. The van der Waals surface area contributed by atoms with Gasteiger partial charge in [0.1, 0.15) is 0 Å². The van der Waals surface area contributed by atoms with Crippen molar-refractivity contribution in [2.45, 2.75) is 26.7 Å². The van der Waals surface area contributed by atoms with Gasteiger partial charge >= 0.3 is 0 Å². The second-order valence-corrected chi connectivity index (χ2v) is 3.63. The molecule has 1 N–H and O–H groups in total. The third-order valence-electron chi connectivity index (χ3n) is 2.17. The normalized spacial score (nSPS) is 10.3. The molecule has 1 aromatic carbocycles. The zero-order chi connectivity index (χ0) is 10.6. The maximum absolute atomic E-state index is 11.5. The van der Waals surface area contributed by atoms with E-state index in [9.17, 15) is 4.79 Å². The third-order valence-corrected chi connectivity index (χ3v) is 2.17. The molecule has 0 aromatic heterocycles. The van der Waals surface area contributed by atoms with E-state index in [1.54, 1.807) is 6.07 Å². The van der Waals surface area contributed by atoms with E-state index in [0.717, 1.165) is 6.54 Å². The minimum atomic E-state index is 0.0544. The molecule has 0 saturated carbocycles. The lowest BCUT2D eigenvalue weighted by atomic mass is 10.1. The number of rotatable bonds is 3. The molecule has 0 spiro atoms. The highest BCUT2D eigenvalue weighted by atomic mass is 16.1. The van der Waals surface area contributed by atoms with Crippen LogP contribution in [0.4, 0.5) is 5.69 Å². The summed E-state index contributed by atoms with van der Waals surface area (Å²) in [6.07, 6.45) is 0. The topological polar surface area (TPSA) is 29.1 Å². The van der Waals surface area contributed by atoms with Gasteiger partial charge in [-0.3, -0.25) is 4.79 Å². The molecule has 1 rings (SSSR count). The molecule has 0 aliphatic carbocycles. The van der Waals surface area contributed by atoms with Crippen molar-refractivity contribution in [3.8, 4) is 0 Å². The van der Waals surface area contributed by atoms with E-state index in [0.29, 0.717) is 11.6 Å². The second kappa shape index (κ2) is 4.80. The Morgan fingerprint density at radius 3 is 2.43 bits per heavy atom. The highest BCUT2D eigenvalue weighted by molar-refractivity contribution is 5.43. The van der Waals surface area contributed by atoms with Crippen molar-refractivity contribution in [3.05, 3.63) is 40.1 Å². The van der Waals surface area contributed by atoms with Crippen molar-refractivity contribution in [1.82, 2.24) is 0 Å². The average Bonchev–Trinajstić information content (AvgIpc) is 2.30. The molecule has 0 unspecified atom stereocenters. The maximum atomic E-state index is 11.5. The lowest BCUT2D eigenvalue weighted by Gasteiger charge is -2.00. The van der Waals surface area contributed by atoms with E-state index in [1.165, 1.54) is 5.56 Å². The van der Waals surface area contributed by atoms with Crippen LogP contribution in [0.1, 0.15) is 32.3 Å². The molecule has 2 nitrogen and oxygen atoms in total. The lowest BCUT2D eigenvalue weighted by Crippen LogP contribution is -2.06. The molecular formula is C12H17NO. The van der Waals surface area contributed by atoms with Crippen molar-refractivity contribution >= 4 is 5.69 Å². The van der Waals surface area contributed by atoms with Gasteiger partial charge in [-0.05, 0) is 30.5 Å². The summed E-state index contributed by atoms with van der Waals surface area (Å²) in [7, 11) is 0. The zero-order valence-corrected chi connectivity index (χ0v) is 9.00. The Balaban J connectivity index is 3.13. The Labute approximate surface area is 85.0 Å². The largest absolute Gasteiger partial charge is 0.382 e. The van der Waals surface area contributed by atoms with Gasteiger partial charge in [-0.25, -0.2) is 0 Å². The molecule has 76 valence electrons. The molecule has 0 saturated heterocycles. The van der Waals surface area contributed by atoms with Crippen LogP contribution in [0.5, 0.6) is 0 Å². The van der Waals surface area contributed by atoms with Gasteiger partial charge in [-0.2, -0.15) is 0 Å². The van der Waals surface area contributed by atoms with Crippen LogP contribution >= 0.6 is 0 Å². The monoisotopic (exact) mass is 191 g/mol. The van der Waals surface area contributed by atoms with Crippen LogP contribution in [-0.2, 0) is 0 Å². The van der Waals surface area contributed by atoms with Gasteiger partial charge < -0.3 is 5.32 Å². The smallest absolute Gasteiger partial charge is 0.201 e. The molecule has 2 heteroatoms. The van der Waals surface area contributed by atoms with E-state index < -0.39 is 0 Å². The van der Waals surface area contributed by atoms with Gasteiger partial charge in [0.15, 0.2) is 0 Å². The van der Waals surface area contributed by atoms with Gasteiger partial charge in [0.2, 0.25) is 5.43 Å². The summed E-state index contributed by atoms with van der Waals surface area (Å²) in [5.74, 6) is 0.455. The summed E-state index contributed by atoms with van der Waals surface area (Å²) in [6.45, 7) is 6.99. The van der Waals surface area contributed by atoms with Crippen molar-refractivity contribution in [3.63, 3.8) is 0 Å². The highest BCUT2D eigenvalue weighted by Crippen LogP contribution is 2.12. The summed E-state index contributed by atoms with van der Waals surface area (Å²) in [5, 5.41) is 3.05. The molecule has 1 aromatic rings. The fourth-order valence-electron chi connectivity index (χ4n) is 1.30. The van der Waals surface area contributed by atoms with Gasteiger partial charge in [0, 0.05) is 6.54 Å². The first-order valence-electron chi connectivity index (χ1n) is 5.03. The van der Waals surface area contributed by atoms with Crippen molar-refractivity contribution < 1.29 is 0 Å². The number of hydrogen-bond donors (Lipinski definition) is 1. The van der Waals surface area contributed by atoms with Crippen molar-refractivity contribution in [1.29, 1.82) is 0 Å². The Kier molecular flexibility index (Phi) is 3.69. The second-order valence-electron chi connectivity index (χ2n) is 3.63. The quantitative estimate of drug-likeness (QED) is 0.795. The van der Waals surface area contributed by atoms with E-state index in [1.807, 2.05) is 25.1 Å². The molecule has 0 aliphatic heterocycles. The Bertz CT molecular complexity index is 358. The van der Waals surface area contributed by atoms with Gasteiger partial charge in [0.25, 0.3) is 0 Å². The SMILES string of the molecule is CCNc1ccc(C(C)C)ccc1=O. The molecule has 0 radical (unpaired) electrons. The Morgan fingerprint density at radius 1 is 1.21 bits per heavy atom. The van der Waals surface area contributed by atoms with Gasteiger partial charge in [-0.1, -0.05) is 26.0 Å². The first-order chi connectivity index (χ1) is 6.65. The number of nitrogens with one attached hydrogen (secondary N) is 1. The fourth-order valence-corrected chi connectivity index (χ4v) is 1.30. The number of anilines is 1. The zero-order valence-electron chi connectivity index (χ0n) is 9.00. The molecule has 14 heavy (non-hydrogen) atoms. The van der Waals surface area contributed by atoms with Crippen molar-refractivity contribution in [2.75, 3.05) is 11.9 Å². The third kappa shape index (κ3) is 2.59. The van der Waals surface area contributed by atoms with E-state index >= 15 is 0 Å². The molecule has 0 heterocycles. The van der Waals surface area contributed by atoms with E-state index in [4.69, 9.17) is 0 Å². The highest BCUT2D eigenvalue weighted by Gasteiger charge is 1.99. The summed E-state index contributed by atoms with van der Waals surface area (Å²) < 4.78 is 0. The van der Waals surface area contributed by atoms with Crippen LogP contribution in [-0.4, -0.2) is 6.54 Å². The van der Waals surface area contributed by atoms with Crippen LogP contribution in [0.15, 0.2) is 29.1 Å². The average molecular weight is 191 g/mol. The first kappa shape index (κ1) is 10.8. The Hall–Kier alpha value is -1.31. The van der Waals surface area contributed by atoms with Crippen molar-refractivity contribution in [2.24, 2.45) is 0 Å². The summed E-state index contributed by atoms with van der Waals surface area (Å²) >= 11 is 0. The Morgan fingerprint density at radius 2 is 1.86 bits per heavy atom. The minimum absolute atomic E-state index is 0.0544. The van der Waals surface area contributed by atoms with E-state index in [2.05, 4.69) is 19.2 Å². The van der Waals surface area contributed by atoms with Crippen LogP contribution < -0.4 is 10.7 Å². The van der Waals surface area contributed by atoms with Gasteiger partial charge in [0.05, 0.1) is 5.69 Å². The lowest BCUT2D eigenvalue weighted by molar-refractivity contribution is 0.868. The van der Waals surface area contributed by atoms with Crippen LogP contribution in [0.25, 0.3) is 0 Å². The fraction of sp³-hybridized carbons (Fsp3) is 0.417. The minimum Gasteiger partial charge on any atom is -0.382 e. The van der Waals surface area contributed by atoms with E-state index in [-0.39, 0.29) is 5.43 Å². The predicted octanol–water partition coefficient (Wildman–Crippen LogP) is 2.60. The molecule has 0 fully saturated rings. The standard InChI is InChI=1S/C12H17NO/c1-4-13-11-7-5-10(9(2)3)6-8-12(11)14/h5-9H,4H2,1-3H3,(H,13,14). The summed E-state index contributed by atoms with van der Waals surface area (Å²) in [6, 6.07) is 7.40. The van der Waals surface area contributed by atoms with Crippen LogP contribution in [0.3, 0.4) is 0 Å². The molecule has 0 atom stereocenters. The van der Waals surface area contributed by atoms with Crippen LogP contribution in [0, 0.1) is 0 Å². The molecular weight excluding hydrogens is 174 g/mol. The summed E-state index contributed by atoms with van der Waals surface area (Å²) in [5.41, 5.74) is 1.92. The van der Waals surface area contributed by atoms with Crippen LogP contribution in [0.2, 0.25) is 0 Å². The van der Waals surface area contributed by atoms with Gasteiger partial charge in [-0.15, -0.1) is 0 Å². The molecule has 0 aliphatic rings. The molecule has 0 amide bonds. The number of hydrogen-bond acceptors (Lipinski definition) is 2. The first-order valence-corrected chi connectivity index (χ1v) is 5.03.